The van der Waals surface area contributed by atoms with E-state index in [1.165, 1.54) is 56.5 Å². The van der Waals surface area contributed by atoms with Crippen LogP contribution in [-0.4, -0.2) is 222 Å². The van der Waals surface area contributed by atoms with Gasteiger partial charge in [-0.25, -0.2) is 14.4 Å². The van der Waals surface area contributed by atoms with Gasteiger partial charge >= 0.3 is 18.0 Å². The number of carbonyl (C=O) groups excluding carboxylic acids is 7. The van der Waals surface area contributed by atoms with Gasteiger partial charge in [-0.15, -0.1) is 0 Å². The molecule has 3 fully saturated rings. The van der Waals surface area contributed by atoms with Crippen LogP contribution in [0.15, 0.2) is 42.5 Å². The van der Waals surface area contributed by atoms with E-state index in [-0.39, 0.29) is 80.7 Å². The molecule has 87 heavy (non-hydrogen) atoms. The molecule has 2 aromatic carbocycles. The topological polar surface area (TPSA) is 391 Å². The molecule has 2 aromatic rings. The van der Waals surface area contributed by atoms with Crippen molar-refractivity contribution in [1.29, 1.82) is 0 Å². The van der Waals surface area contributed by atoms with Crippen LogP contribution in [0.5, 0.6) is 11.5 Å². The van der Waals surface area contributed by atoms with Crippen LogP contribution in [0.4, 0.5) is 10.5 Å². The predicted molar refractivity (Wildman–Crippen MR) is 308 cm³/mol. The maximum atomic E-state index is 14.4. The van der Waals surface area contributed by atoms with Crippen molar-refractivity contribution in [1.82, 2.24) is 25.3 Å². The number of likely N-dealkylation sites (N-methyl/N-ethyl adjacent to an activating group) is 2. The van der Waals surface area contributed by atoms with Gasteiger partial charge in [-0.2, -0.15) is 0 Å². The minimum atomic E-state index is -1.42. The van der Waals surface area contributed by atoms with Crippen molar-refractivity contribution >= 4 is 59.5 Å². The average Bonchev–Trinajstić information content (AvgIpc) is 4.04. The molecule has 3 heterocycles. The van der Waals surface area contributed by atoms with E-state index in [4.69, 9.17) is 38.9 Å². The Morgan fingerprint density at radius 3 is 2.17 bits per heavy atom. The summed E-state index contributed by atoms with van der Waals surface area (Å²) in [6.07, 6.45) is -9.60. The molecule has 0 spiro atoms. The average molecular weight is 1230 g/mol. The number of rotatable bonds is 31. The number of benzene rings is 2. The van der Waals surface area contributed by atoms with Crippen molar-refractivity contribution in [3.05, 3.63) is 53.6 Å². The van der Waals surface area contributed by atoms with Gasteiger partial charge in [-0.05, 0) is 60.1 Å². The number of likely N-dealkylation sites (tertiary alicyclic amines) is 1. The highest BCUT2D eigenvalue weighted by atomic mass is 16.7. The summed E-state index contributed by atoms with van der Waals surface area (Å²) in [5, 5.41) is 58.3. The molecule has 28 heteroatoms. The molecule has 3 saturated heterocycles. The van der Waals surface area contributed by atoms with Gasteiger partial charge in [0.05, 0.1) is 61.1 Å². The Morgan fingerprint density at radius 1 is 0.874 bits per heavy atom. The Kier molecular flexibility index (Phi) is 27.1. The lowest BCUT2D eigenvalue weighted by atomic mass is 9.90. The summed E-state index contributed by atoms with van der Waals surface area (Å²) in [6.45, 7) is 8.37. The van der Waals surface area contributed by atoms with Gasteiger partial charge in [-0.3, -0.25) is 28.9 Å². The van der Waals surface area contributed by atoms with Gasteiger partial charge in [0.1, 0.15) is 48.7 Å². The van der Waals surface area contributed by atoms with Crippen molar-refractivity contribution in [2.75, 3.05) is 53.3 Å². The lowest BCUT2D eigenvalue weighted by Crippen LogP contribution is -2.56. The van der Waals surface area contributed by atoms with E-state index >= 15 is 0 Å². The van der Waals surface area contributed by atoms with Gasteiger partial charge < -0.3 is 95.0 Å². The first-order valence-corrected chi connectivity index (χ1v) is 29.1. The van der Waals surface area contributed by atoms with Gasteiger partial charge in [0, 0.05) is 73.5 Å². The fourth-order valence-electron chi connectivity index (χ4n) is 11.1. The standard InChI is InChI=1S/C59H87N7O21/c1-10-32(4)51(64(6)48(72)28-61-55(75)50(31(2)3)65(7)59(80)83-30-35-15-18-43(39(23-35)62-46(70)19-20-60)86-49-25-36(68)24-45(87-49)57(78)79)44(81-8)27-47(71)66-21-11-12-41(66)53(82-9)33(5)54(74)63-40(56(76)77)22-34-13-16-37(17-14-34)84-58-52(73)42(69)26-38(29-67)85-58/h13-18,23,29,31-33,36,38,40-42,44-45,49-53,58,68-69,73H,10-12,19-22,24-28,30,60H2,1-9H3,(H,61,75)(H,62,70)(H,63,74)(H,76,77)(H,78,79)/t32?,33-,36+,38-,40-,41+,42-,44-,45+,49-,50?,51?,52+,53-,58+/m1/s1. The summed E-state index contributed by atoms with van der Waals surface area (Å²) < 4.78 is 39.9. The number of ether oxygens (including phenoxy) is 7. The van der Waals surface area contributed by atoms with Crippen LogP contribution in [0.1, 0.15) is 97.1 Å². The zero-order valence-electron chi connectivity index (χ0n) is 50.7. The normalized spacial score (nSPS) is 23.5. The molecular formula is C59H87N7O21. The molecule has 0 aliphatic carbocycles. The molecule has 0 saturated carbocycles. The number of nitrogens with zero attached hydrogens (tertiary/aromatic N) is 3. The lowest BCUT2D eigenvalue weighted by molar-refractivity contribution is -0.228. The summed E-state index contributed by atoms with van der Waals surface area (Å²) >= 11 is 0. The van der Waals surface area contributed by atoms with E-state index in [9.17, 15) is 68.7 Å². The second-order valence-corrected chi connectivity index (χ2v) is 22.6. The number of nitrogens with one attached hydrogen (secondary N) is 3. The fourth-order valence-corrected chi connectivity index (χ4v) is 11.1. The summed E-state index contributed by atoms with van der Waals surface area (Å²) in [7, 11) is 5.76. The molecule has 3 unspecified atom stereocenters. The Labute approximate surface area is 505 Å². The smallest absolute Gasteiger partial charge is 0.410 e. The van der Waals surface area contributed by atoms with Gasteiger partial charge in [0.2, 0.25) is 42.1 Å². The summed E-state index contributed by atoms with van der Waals surface area (Å²) in [5.74, 6) is -6.54. The highest BCUT2D eigenvalue weighted by Crippen LogP contribution is 2.33. The maximum absolute atomic E-state index is 14.4. The maximum Gasteiger partial charge on any atom is 0.410 e. The van der Waals surface area contributed by atoms with Crippen molar-refractivity contribution in [3.63, 3.8) is 0 Å². The number of hydrogen-bond donors (Lipinski definition) is 9. The zero-order chi connectivity index (χ0) is 64.4. The molecule has 6 amide bonds. The van der Waals surface area contributed by atoms with Gasteiger partial charge in [0.15, 0.2) is 6.10 Å². The summed E-state index contributed by atoms with van der Waals surface area (Å²) in [5.41, 5.74) is 6.59. The second-order valence-electron chi connectivity index (χ2n) is 22.6. The minimum absolute atomic E-state index is 0.0372. The van der Waals surface area contributed by atoms with Crippen LogP contribution in [0.3, 0.4) is 0 Å². The number of nitrogens with two attached hydrogens (primary N) is 1. The quantitative estimate of drug-likeness (QED) is 0.0478. The Morgan fingerprint density at radius 2 is 1.56 bits per heavy atom. The first kappa shape index (κ1) is 70.7. The molecule has 0 aromatic heterocycles. The summed E-state index contributed by atoms with van der Waals surface area (Å²) in [6, 6.07) is 6.79. The number of amides is 6. The monoisotopic (exact) mass is 1230 g/mol. The van der Waals surface area contributed by atoms with Crippen LogP contribution >= 0.6 is 0 Å². The third-order valence-electron chi connectivity index (χ3n) is 16.0. The van der Waals surface area contributed by atoms with E-state index in [0.29, 0.717) is 43.2 Å². The van der Waals surface area contributed by atoms with Crippen molar-refractivity contribution < 1.29 is 102 Å². The molecule has 5 rings (SSSR count). The SMILES string of the molecule is CCC(C)C([C@@H](CC(=O)N1CCC[C@H]1[C@H](OC)[C@@H](C)C(=O)N[C@H](Cc1ccc(O[C@H]2O[C@@H](C=O)C[C@@H](O)[C@@H]2O)cc1)C(=O)O)OC)N(C)C(=O)CNC(=O)C(C(C)C)N(C)C(=O)OCc1ccc(O[C@H]2C[C@@H](O)C[C@@H](C(=O)O)O2)c(NC(=O)CCN)c1. The van der Waals surface area contributed by atoms with Crippen LogP contribution in [0.25, 0.3) is 0 Å². The number of aliphatic carboxylic acids is 2. The van der Waals surface area contributed by atoms with E-state index < -0.39 is 140 Å². The first-order valence-electron chi connectivity index (χ1n) is 29.1. The molecule has 3 aliphatic rings. The van der Waals surface area contributed by atoms with E-state index in [1.54, 1.807) is 44.9 Å². The Balaban J connectivity index is 1.18. The zero-order valence-corrected chi connectivity index (χ0v) is 50.7. The number of methoxy groups -OCH3 is 2. The Hall–Kier alpha value is -7.05. The molecule has 10 N–H and O–H groups in total. The molecule has 15 atom stereocenters. The van der Waals surface area contributed by atoms with E-state index in [2.05, 4.69) is 16.0 Å². The number of carbonyl (C=O) groups is 9. The fraction of sp³-hybridized carbons (Fsp3) is 0.644. The lowest BCUT2D eigenvalue weighted by Gasteiger charge is -2.39. The van der Waals surface area contributed by atoms with Crippen LogP contribution in [0, 0.1) is 17.8 Å². The van der Waals surface area contributed by atoms with Crippen LogP contribution in [-0.2, 0) is 75.1 Å². The van der Waals surface area contributed by atoms with Crippen molar-refractivity contribution in [2.45, 2.75) is 178 Å². The molecule has 484 valence electrons. The second kappa shape index (κ2) is 33.3. The van der Waals surface area contributed by atoms with Gasteiger partial charge in [0.25, 0.3) is 0 Å². The van der Waals surface area contributed by atoms with Crippen LogP contribution in [0.2, 0.25) is 0 Å². The first-order chi connectivity index (χ1) is 41.2. The van der Waals surface area contributed by atoms with Crippen molar-refractivity contribution in [2.24, 2.45) is 23.5 Å². The third kappa shape index (κ3) is 19.5. The number of carboxylic acids is 2. The predicted octanol–water partition coefficient (Wildman–Crippen LogP) is 1.16. The molecular weight excluding hydrogens is 1140 g/mol. The minimum Gasteiger partial charge on any atom is -0.480 e. The van der Waals surface area contributed by atoms with E-state index in [1.807, 2.05) is 13.8 Å². The number of carboxylic acid groups (broad SMARTS) is 2. The Bertz CT molecular complexity index is 2670. The number of aliphatic hydroxyl groups excluding tert-OH is 3. The number of hydrogen-bond acceptors (Lipinski definition) is 20. The summed E-state index contributed by atoms with van der Waals surface area (Å²) in [4.78, 5) is 122. The molecule has 28 nitrogen and oxygen atoms in total. The highest BCUT2D eigenvalue weighted by molar-refractivity contribution is 5.93. The number of aliphatic hydroxyl groups is 3. The van der Waals surface area contributed by atoms with E-state index in [0.717, 1.165) is 4.90 Å². The molecule has 0 radical (unpaired) electrons. The van der Waals surface area contributed by atoms with Crippen molar-refractivity contribution in [3.8, 4) is 11.5 Å². The largest absolute Gasteiger partial charge is 0.480 e. The van der Waals surface area contributed by atoms with Gasteiger partial charge in [-0.1, -0.05) is 59.2 Å². The number of anilines is 1. The van der Waals surface area contributed by atoms with Crippen LogP contribution < -0.4 is 31.2 Å². The highest BCUT2D eigenvalue weighted by Gasteiger charge is 2.44. The molecule has 3 aliphatic heterocycles. The number of aldehydes is 1. The molecule has 0 bridgehead atoms. The third-order valence-corrected chi connectivity index (χ3v) is 16.0.